The summed E-state index contributed by atoms with van der Waals surface area (Å²) in [7, 11) is 0. The van der Waals surface area contributed by atoms with E-state index in [9.17, 15) is 0 Å². The smallest absolute Gasteiger partial charge is 0.148 e. The molecule has 0 radical (unpaired) electrons. The summed E-state index contributed by atoms with van der Waals surface area (Å²) < 4.78 is 6.10. The highest BCUT2D eigenvalue weighted by atomic mass is 32.1. The van der Waals surface area contributed by atoms with E-state index >= 15 is 0 Å². The number of hydrogen-bond donors (Lipinski definition) is 2. The molecule has 0 aliphatic heterocycles. The van der Waals surface area contributed by atoms with Crippen LogP contribution in [0.1, 0.15) is 35.5 Å². The monoisotopic (exact) mass is 291 g/mol. The first kappa shape index (κ1) is 15.0. The van der Waals surface area contributed by atoms with Crippen molar-refractivity contribution in [3.8, 4) is 5.75 Å². The van der Waals surface area contributed by atoms with Gasteiger partial charge >= 0.3 is 0 Å². The lowest BCUT2D eigenvalue weighted by molar-refractivity contribution is 0.174. The van der Waals surface area contributed by atoms with Crippen LogP contribution >= 0.6 is 11.3 Å². The number of hydrogen-bond acceptors (Lipinski definition) is 4. The van der Waals surface area contributed by atoms with Gasteiger partial charge in [-0.3, -0.25) is 0 Å². The van der Waals surface area contributed by atoms with Crippen LogP contribution in [-0.2, 0) is 6.61 Å². The predicted octanol–water partition coefficient (Wildman–Crippen LogP) is 3.41. The number of aryl methyl sites for hydroxylation is 1. The number of ether oxygens (including phenoxy) is 1. The van der Waals surface area contributed by atoms with Crippen LogP contribution in [0.15, 0.2) is 35.7 Å². The summed E-state index contributed by atoms with van der Waals surface area (Å²) in [5.74, 6) is 0.781. The molecule has 2 aromatic rings. The third-order valence-electron chi connectivity index (χ3n) is 3.39. The third-order valence-corrected chi connectivity index (χ3v) is 4.47. The van der Waals surface area contributed by atoms with E-state index in [1.165, 1.54) is 10.4 Å². The molecule has 2 rings (SSSR count). The molecule has 0 saturated heterocycles. The maximum Gasteiger partial charge on any atom is 0.148 e. The van der Waals surface area contributed by atoms with Gasteiger partial charge in [0.05, 0.1) is 6.61 Å². The minimum atomic E-state index is -0.125. The normalized spacial score (nSPS) is 14.0. The van der Waals surface area contributed by atoms with Gasteiger partial charge in [0.25, 0.3) is 0 Å². The second-order valence-electron chi connectivity index (χ2n) is 4.88. The Morgan fingerprint density at radius 1 is 1.25 bits per heavy atom. The van der Waals surface area contributed by atoms with Gasteiger partial charge in [-0.05, 0) is 48.1 Å². The lowest BCUT2D eigenvalue weighted by Gasteiger charge is -2.24. The molecule has 108 valence electrons. The van der Waals surface area contributed by atoms with Crippen LogP contribution in [-0.4, -0.2) is 11.1 Å². The third kappa shape index (κ3) is 3.39. The summed E-state index contributed by atoms with van der Waals surface area (Å²) >= 11 is 1.68. The van der Waals surface area contributed by atoms with Crippen molar-refractivity contribution in [2.75, 3.05) is 0 Å². The van der Waals surface area contributed by atoms with E-state index in [1.807, 2.05) is 24.3 Å². The van der Waals surface area contributed by atoms with Crippen molar-refractivity contribution in [2.24, 2.45) is 5.73 Å². The highest BCUT2D eigenvalue weighted by Gasteiger charge is 2.23. The van der Waals surface area contributed by atoms with Crippen molar-refractivity contribution < 1.29 is 9.84 Å². The molecule has 0 spiro atoms. The molecule has 0 amide bonds. The number of rotatable bonds is 6. The van der Waals surface area contributed by atoms with Gasteiger partial charge in [0, 0.05) is 10.9 Å². The largest absolute Gasteiger partial charge is 0.483 e. The van der Waals surface area contributed by atoms with E-state index in [0.717, 1.165) is 17.7 Å². The molecule has 4 heteroatoms. The molecule has 20 heavy (non-hydrogen) atoms. The van der Waals surface area contributed by atoms with E-state index in [1.54, 1.807) is 11.3 Å². The second kappa shape index (κ2) is 6.88. The van der Waals surface area contributed by atoms with Crippen LogP contribution in [0.4, 0.5) is 0 Å². The highest BCUT2D eigenvalue weighted by Crippen LogP contribution is 2.31. The van der Waals surface area contributed by atoms with Crippen LogP contribution in [0.5, 0.6) is 5.75 Å². The van der Waals surface area contributed by atoms with Gasteiger partial charge < -0.3 is 15.6 Å². The quantitative estimate of drug-likeness (QED) is 0.857. The van der Waals surface area contributed by atoms with Gasteiger partial charge in [-0.25, -0.2) is 0 Å². The molecule has 1 aromatic carbocycles. The Morgan fingerprint density at radius 3 is 2.45 bits per heavy atom. The van der Waals surface area contributed by atoms with Gasteiger partial charge in [-0.2, -0.15) is 0 Å². The number of thiophene rings is 1. The molecular weight excluding hydrogens is 270 g/mol. The van der Waals surface area contributed by atoms with Gasteiger partial charge in [0.2, 0.25) is 0 Å². The SMILES string of the molecule is CCC(N)C(Oc1ccc(CO)cc1)c1sccc1C. The van der Waals surface area contributed by atoms with E-state index in [4.69, 9.17) is 15.6 Å². The van der Waals surface area contributed by atoms with E-state index < -0.39 is 0 Å². The Balaban J connectivity index is 2.21. The zero-order valence-corrected chi connectivity index (χ0v) is 12.7. The molecular formula is C16H21NO2S. The summed E-state index contributed by atoms with van der Waals surface area (Å²) in [4.78, 5) is 1.19. The fourth-order valence-corrected chi connectivity index (χ4v) is 3.08. The van der Waals surface area contributed by atoms with Crippen LogP contribution < -0.4 is 10.5 Å². The molecule has 0 aliphatic rings. The fourth-order valence-electron chi connectivity index (χ4n) is 2.05. The Morgan fingerprint density at radius 2 is 1.95 bits per heavy atom. The summed E-state index contributed by atoms with van der Waals surface area (Å²) in [6.45, 7) is 4.19. The van der Waals surface area contributed by atoms with Gasteiger partial charge in [-0.1, -0.05) is 19.1 Å². The minimum Gasteiger partial charge on any atom is -0.483 e. The van der Waals surface area contributed by atoms with Crippen molar-refractivity contribution in [3.05, 3.63) is 51.7 Å². The predicted molar refractivity (Wildman–Crippen MR) is 83.1 cm³/mol. The second-order valence-corrected chi connectivity index (χ2v) is 5.83. The van der Waals surface area contributed by atoms with Crippen LogP contribution in [0.3, 0.4) is 0 Å². The maximum atomic E-state index is 9.06. The van der Waals surface area contributed by atoms with Crippen molar-refractivity contribution in [1.82, 2.24) is 0 Å². The van der Waals surface area contributed by atoms with Crippen LogP contribution in [0.25, 0.3) is 0 Å². The molecule has 2 atom stereocenters. The van der Waals surface area contributed by atoms with E-state index in [2.05, 4.69) is 25.3 Å². The van der Waals surface area contributed by atoms with Crippen LogP contribution in [0, 0.1) is 6.92 Å². The molecule has 0 bridgehead atoms. The summed E-state index contributed by atoms with van der Waals surface area (Å²) in [5, 5.41) is 11.1. The number of nitrogens with two attached hydrogens (primary N) is 1. The van der Waals surface area contributed by atoms with Crippen molar-refractivity contribution in [1.29, 1.82) is 0 Å². The van der Waals surface area contributed by atoms with E-state index in [-0.39, 0.29) is 18.8 Å². The number of aliphatic hydroxyl groups excluding tert-OH is 1. The molecule has 2 unspecified atom stereocenters. The maximum absolute atomic E-state index is 9.06. The fraction of sp³-hybridized carbons (Fsp3) is 0.375. The zero-order chi connectivity index (χ0) is 14.5. The number of benzene rings is 1. The summed E-state index contributed by atoms with van der Waals surface area (Å²) in [6.07, 6.45) is 0.733. The van der Waals surface area contributed by atoms with Crippen molar-refractivity contribution in [3.63, 3.8) is 0 Å². The van der Waals surface area contributed by atoms with Gasteiger partial charge in [-0.15, -0.1) is 11.3 Å². The Kier molecular flexibility index (Phi) is 5.17. The molecule has 1 aromatic heterocycles. The standard InChI is InChI=1S/C16H21NO2S/c1-3-14(17)15(16-11(2)8-9-20-16)19-13-6-4-12(10-18)5-7-13/h4-9,14-15,18H,3,10,17H2,1-2H3. The number of aliphatic hydroxyl groups is 1. The van der Waals surface area contributed by atoms with Crippen LogP contribution in [0.2, 0.25) is 0 Å². The van der Waals surface area contributed by atoms with Gasteiger partial charge in [0.1, 0.15) is 11.9 Å². The van der Waals surface area contributed by atoms with Gasteiger partial charge in [0.15, 0.2) is 0 Å². The average Bonchev–Trinajstić information content (AvgIpc) is 2.90. The van der Waals surface area contributed by atoms with Crippen molar-refractivity contribution >= 4 is 11.3 Å². The van der Waals surface area contributed by atoms with E-state index in [0.29, 0.717) is 0 Å². The Bertz CT molecular complexity index is 536. The summed E-state index contributed by atoms with van der Waals surface area (Å²) in [5.41, 5.74) is 8.32. The molecule has 0 saturated carbocycles. The molecule has 0 fully saturated rings. The lowest BCUT2D eigenvalue weighted by Crippen LogP contribution is -2.31. The Hall–Kier alpha value is -1.36. The first-order valence-electron chi connectivity index (χ1n) is 6.81. The first-order chi connectivity index (χ1) is 9.65. The zero-order valence-electron chi connectivity index (χ0n) is 11.9. The molecule has 0 aliphatic carbocycles. The first-order valence-corrected chi connectivity index (χ1v) is 7.69. The minimum absolute atomic E-state index is 0.0372. The Labute approximate surface area is 124 Å². The molecule has 1 heterocycles. The highest BCUT2D eigenvalue weighted by molar-refractivity contribution is 7.10. The average molecular weight is 291 g/mol. The topological polar surface area (TPSA) is 55.5 Å². The van der Waals surface area contributed by atoms with Crippen molar-refractivity contribution in [2.45, 2.75) is 39.0 Å². The molecule has 3 N–H and O–H groups in total. The molecule has 3 nitrogen and oxygen atoms in total. The summed E-state index contributed by atoms with van der Waals surface area (Å²) in [6, 6.07) is 9.54. The lowest BCUT2D eigenvalue weighted by atomic mass is 10.1.